The molecule has 11 aromatic carbocycles. The summed E-state index contributed by atoms with van der Waals surface area (Å²) in [4.78, 5) is 2.44. The van der Waals surface area contributed by atoms with Crippen molar-refractivity contribution in [3.05, 3.63) is 289 Å². The lowest BCUT2D eigenvalue weighted by molar-refractivity contribution is 0.768. The van der Waals surface area contributed by atoms with Gasteiger partial charge in [0.25, 0.3) is 0 Å². The van der Waals surface area contributed by atoms with E-state index in [0.717, 1.165) is 33.9 Å². The molecule has 0 radical (unpaired) electrons. The Labute approximate surface area is 390 Å². The number of aromatic nitrogens is 1. The van der Waals surface area contributed by atoms with Gasteiger partial charge in [-0.3, -0.25) is 0 Å². The highest BCUT2D eigenvalue weighted by Gasteiger charge is 2.46. The van der Waals surface area contributed by atoms with Gasteiger partial charge in [-0.1, -0.05) is 212 Å². The van der Waals surface area contributed by atoms with Crippen LogP contribution in [-0.2, 0) is 5.41 Å². The minimum absolute atomic E-state index is 0.521. The minimum atomic E-state index is -0.521. The molecule has 13 rings (SSSR count). The van der Waals surface area contributed by atoms with Crippen LogP contribution in [0.3, 0.4) is 0 Å². The summed E-state index contributed by atoms with van der Waals surface area (Å²) in [5.41, 5.74) is 18.6. The molecule has 0 saturated heterocycles. The molecule has 0 atom stereocenters. The summed E-state index contributed by atoms with van der Waals surface area (Å²) in [5.74, 6) is 0. The van der Waals surface area contributed by atoms with Gasteiger partial charge in [0, 0.05) is 38.9 Å². The summed E-state index contributed by atoms with van der Waals surface area (Å²) in [6, 6.07) is 98.1. The summed E-state index contributed by atoms with van der Waals surface area (Å²) in [6.45, 7) is 0. The standard InChI is InChI=1S/C65H44N2/c1-5-18-45(19-6-1)46-32-36-53(37-33-46)66(55-38-41-58-57-30-15-16-31-61(57)65(62(58)44-55,50-22-7-2-8-23-50)51-24-9-3-10-25-51)54-28-17-21-48(42-54)49-35-39-59-60-40-34-47-20-13-14-29-56(47)64(60)67(63(59)43-49)52-26-11-4-12-27-52/h1-44H. The average Bonchev–Trinajstić information content (AvgIpc) is 3.90. The number of hydrogen-bond acceptors (Lipinski definition) is 1. The number of benzene rings is 11. The van der Waals surface area contributed by atoms with E-state index in [0.29, 0.717) is 0 Å². The maximum absolute atomic E-state index is 2.46. The Morgan fingerprint density at radius 1 is 0.313 bits per heavy atom. The highest BCUT2D eigenvalue weighted by molar-refractivity contribution is 6.19. The number of fused-ring (bicyclic) bond motifs is 8. The molecular weight excluding hydrogens is 809 g/mol. The molecule has 314 valence electrons. The molecule has 0 amide bonds. The Balaban J connectivity index is 1.02. The van der Waals surface area contributed by atoms with E-state index in [1.165, 1.54) is 77.1 Å². The van der Waals surface area contributed by atoms with Crippen molar-refractivity contribution in [2.45, 2.75) is 5.41 Å². The van der Waals surface area contributed by atoms with Gasteiger partial charge in [0.15, 0.2) is 0 Å². The van der Waals surface area contributed by atoms with Gasteiger partial charge < -0.3 is 9.47 Å². The van der Waals surface area contributed by atoms with Gasteiger partial charge in [-0.05, 0) is 116 Å². The van der Waals surface area contributed by atoms with Crippen LogP contribution in [0.1, 0.15) is 22.3 Å². The molecule has 12 aromatic rings. The van der Waals surface area contributed by atoms with Crippen LogP contribution in [0.4, 0.5) is 17.1 Å². The number of nitrogens with zero attached hydrogens (tertiary/aromatic N) is 2. The SMILES string of the molecule is c1ccc(-c2ccc(N(c3cccc(-c4ccc5c6ccc7ccccc7c6n(-c6ccccc6)c5c4)c3)c3ccc4c(c3)C(c3ccccc3)(c3ccccc3)c3ccccc3-4)cc2)cc1. The summed E-state index contributed by atoms with van der Waals surface area (Å²) in [6.07, 6.45) is 0. The van der Waals surface area contributed by atoms with Crippen molar-refractivity contribution in [2.75, 3.05) is 4.90 Å². The molecule has 67 heavy (non-hydrogen) atoms. The van der Waals surface area contributed by atoms with Crippen molar-refractivity contribution < 1.29 is 0 Å². The first-order chi connectivity index (χ1) is 33.2. The smallest absolute Gasteiger partial charge is 0.0714 e. The van der Waals surface area contributed by atoms with E-state index in [1.54, 1.807) is 0 Å². The second kappa shape index (κ2) is 15.8. The molecule has 2 heteroatoms. The maximum Gasteiger partial charge on any atom is 0.0714 e. The Morgan fingerprint density at radius 2 is 0.866 bits per heavy atom. The molecule has 0 spiro atoms. The fourth-order valence-electron chi connectivity index (χ4n) is 11.1. The van der Waals surface area contributed by atoms with Crippen LogP contribution in [0.2, 0.25) is 0 Å². The number of para-hydroxylation sites is 1. The van der Waals surface area contributed by atoms with E-state index in [9.17, 15) is 0 Å². The number of hydrogen-bond donors (Lipinski definition) is 0. The van der Waals surface area contributed by atoms with Crippen LogP contribution in [0.5, 0.6) is 0 Å². The van der Waals surface area contributed by atoms with Crippen molar-refractivity contribution in [1.82, 2.24) is 4.57 Å². The second-order valence-electron chi connectivity index (χ2n) is 17.6. The third-order valence-electron chi connectivity index (χ3n) is 14.0. The van der Waals surface area contributed by atoms with Gasteiger partial charge in [-0.25, -0.2) is 0 Å². The van der Waals surface area contributed by atoms with Crippen LogP contribution in [0.25, 0.3) is 71.6 Å². The quantitative estimate of drug-likeness (QED) is 0.148. The van der Waals surface area contributed by atoms with Gasteiger partial charge in [0.05, 0.1) is 16.4 Å². The lowest BCUT2D eigenvalue weighted by Crippen LogP contribution is -2.28. The summed E-state index contributed by atoms with van der Waals surface area (Å²) in [5, 5.41) is 4.98. The maximum atomic E-state index is 2.46. The van der Waals surface area contributed by atoms with Crippen LogP contribution in [-0.4, -0.2) is 4.57 Å². The molecule has 2 nitrogen and oxygen atoms in total. The van der Waals surface area contributed by atoms with Crippen molar-refractivity contribution in [2.24, 2.45) is 0 Å². The van der Waals surface area contributed by atoms with E-state index >= 15 is 0 Å². The molecule has 1 heterocycles. The van der Waals surface area contributed by atoms with E-state index in [2.05, 4.69) is 276 Å². The number of rotatable bonds is 8. The molecule has 1 aliphatic rings. The monoisotopic (exact) mass is 852 g/mol. The van der Waals surface area contributed by atoms with Crippen molar-refractivity contribution in [3.8, 4) is 39.1 Å². The molecule has 0 fully saturated rings. The molecule has 0 unspecified atom stereocenters. The largest absolute Gasteiger partial charge is 0.310 e. The van der Waals surface area contributed by atoms with Crippen LogP contribution in [0.15, 0.2) is 267 Å². The average molecular weight is 853 g/mol. The molecular formula is C65H44N2. The second-order valence-corrected chi connectivity index (χ2v) is 17.6. The molecule has 0 saturated carbocycles. The molecule has 0 bridgehead atoms. The van der Waals surface area contributed by atoms with Crippen LogP contribution < -0.4 is 4.90 Å². The lowest BCUT2D eigenvalue weighted by atomic mass is 9.67. The fourth-order valence-corrected chi connectivity index (χ4v) is 11.1. The van der Waals surface area contributed by atoms with Gasteiger partial charge in [0.1, 0.15) is 0 Å². The lowest BCUT2D eigenvalue weighted by Gasteiger charge is -2.35. The first kappa shape index (κ1) is 38.7. The topological polar surface area (TPSA) is 8.17 Å². The zero-order valence-electron chi connectivity index (χ0n) is 36.8. The Kier molecular flexibility index (Phi) is 9.11. The first-order valence-electron chi connectivity index (χ1n) is 23.2. The van der Waals surface area contributed by atoms with Crippen molar-refractivity contribution >= 4 is 49.6 Å². The Bertz CT molecular complexity index is 3740. The zero-order chi connectivity index (χ0) is 44.3. The Morgan fingerprint density at radius 3 is 1.63 bits per heavy atom. The summed E-state index contributed by atoms with van der Waals surface area (Å²) in [7, 11) is 0. The minimum Gasteiger partial charge on any atom is -0.310 e. The van der Waals surface area contributed by atoms with E-state index in [4.69, 9.17) is 0 Å². The van der Waals surface area contributed by atoms with Crippen molar-refractivity contribution in [3.63, 3.8) is 0 Å². The van der Waals surface area contributed by atoms with E-state index in [1.807, 2.05) is 0 Å². The zero-order valence-corrected chi connectivity index (χ0v) is 36.8. The highest BCUT2D eigenvalue weighted by atomic mass is 15.1. The predicted octanol–water partition coefficient (Wildman–Crippen LogP) is 17.1. The van der Waals surface area contributed by atoms with Crippen LogP contribution >= 0.6 is 0 Å². The predicted molar refractivity (Wildman–Crippen MR) is 281 cm³/mol. The third kappa shape index (κ3) is 6.18. The summed E-state index contributed by atoms with van der Waals surface area (Å²) >= 11 is 0. The third-order valence-corrected chi connectivity index (χ3v) is 14.0. The first-order valence-corrected chi connectivity index (χ1v) is 23.2. The van der Waals surface area contributed by atoms with E-state index in [-0.39, 0.29) is 0 Å². The van der Waals surface area contributed by atoms with E-state index < -0.39 is 5.41 Å². The highest BCUT2D eigenvalue weighted by Crippen LogP contribution is 2.57. The molecule has 1 aromatic heterocycles. The van der Waals surface area contributed by atoms with Gasteiger partial charge in [-0.15, -0.1) is 0 Å². The van der Waals surface area contributed by atoms with Crippen LogP contribution in [0, 0.1) is 0 Å². The summed E-state index contributed by atoms with van der Waals surface area (Å²) < 4.78 is 2.45. The number of anilines is 3. The fraction of sp³-hybridized carbons (Fsp3) is 0.0154. The molecule has 0 aliphatic heterocycles. The molecule has 0 N–H and O–H groups in total. The Hall–Kier alpha value is -8.72. The van der Waals surface area contributed by atoms with Crippen molar-refractivity contribution in [1.29, 1.82) is 0 Å². The normalized spacial score (nSPS) is 12.6. The van der Waals surface area contributed by atoms with Gasteiger partial charge in [0.2, 0.25) is 0 Å². The van der Waals surface area contributed by atoms with Gasteiger partial charge in [-0.2, -0.15) is 0 Å². The molecule has 1 aliphatic carbocycles. The van der Waals surface area contributed by atoms with Gasteiger partial charge >= 0.3 is 0 Å².